The fraction of sp³-hybridized carbons (Fsp3) is 1.00. The van der Waals surface area contributed by atoms with E-state index in [0.29, 0.717) is 0 Å². The van der Waals surface area contributed by atoms with Gasteiger partial charge in [0, 0.05) is 5.25 Å². The van der Waals surface area contributed by atoms with E-state index in [-0.39, 0.29) is 0 Å². The van der Waals surface area contributed by atoms with Crippen LogP contribution < -0.4 is 0 Å². The second-order valence-corrected chi connectivity index (χ2v) is 5.23. The van der Waals surface area contributed by atoms with E-state index < -0.39 is 0 Å². The molecule has 0 amide bonds. The van der Waals surface area contributed by atoms with Gasteiger partial charge in [0.2, 0.25) is 0 Å². The van der Waals surface area contributed by atoms with Crippen molar-refractivity contribution in [3.05, 3.63) is 0 Å². The molecular weight excluding hydrogens is 160 g/mol. The van der Waals surface area contributed by atoms with Gasteiger partial charge in [0.05, 0.1) is 0 Å². The molecule has 0 fully saturated rings. The SMILES string of the molecule is CCCC(CCC)SSC. The quantitative estimate of drug-likeness (QED) is 0.565. The van der Waals surface area contributed by atoms with Gasteiger partial charge in [-0.3, -0.25) is 0 Å². The molecule has 0 aromatic carbocycles. The van der Waals surface area contributed by atoms with Crippen LogP contribution in [0.1, 0.15) is 39.5 Å². The molecule has 0 saturated heterocycles. The molecule has 0 atom stereocenters. The second-order valence-electron chi connectivity index (χ2n) is 2.46. The van der Waals surface area contributed by atoms with Crippen molar-refractivity contribution in [1.82, 2.24) is 0 Å². The van der Waals surface area contributed by atoms with E-state index in [4.69, 9.17) is 0 Å². The number of rotatable bonds is 6. The molecule has 62 valence electrons. The Morgan fingerprint density at radius 1 is 1.10 bits per heavy atom. The largest absolute Gasteiger partial charge is 0.0973 e. The van der Waals surface area contributed by atoms with E-state index in [1.54, 1.807) is 0 Å². The van der Waals surface area contributed by atoms with Gasteiger partial charge in [-0.25, -0.2) is 0 Å². The van der Waals surface area contributed by atoms with Crippen molar-refractivity contribution in [2.24, 2.45) is 0 Å². The summed E-state index contributed by atoms with van der Waals surface area (Å²) < 4.78 is 0. The first-order valence-electron chi connectivity index (χ1n) is 4.04. The monoisotopic (exact) mass is 178 g/mol. The second kappa shape index (κ2) is 7.80. The Morgan fingerprint density at radius 2 is 1.60 bits per heavy atom. The lowest BCUT2D eigenvalue weighted by molar-refractivity contribution is 0.676. The molecule has 0 heterocycles. The van der Waals surface area contributed by atoms with Crippen LogP contribution in [0.4, 0.5) is 0 Å². The molecule has 0 radical (unpaired) electrons. The Labute approximate surface area is 72.9 Å². The van der Waals surface area contributed by atoms with Crippen LogP contribution >= 0.6 is 21.6 Å². The van der Waals surface area contributed by atoms with Gasteiger partial charge in [0.15, 0.2) is 0 Å². The first-order valence-corrected chi connectivity index (χ1v) is 6.66. The van der Waals surface area contributed by atoms with Crippen LogP contribution in [0.15, 0.2) is 0 Å². The number of hydrogen-bond donors (Lipinski definition) is 0. The summed E-state index contributed by atoms with van der Waals surface area (Å²) in [7, 11) is 3.95. The van der Waals surface area contributed by atoms with Crippen LogP contribution in [0.25, 0.3) is 0 Å². The van der Waals surface area contributed by atoms with E-state index in [1.807, 2.05) is 21.6 Å². The topological polar surface area (TPSA) is 0 Å². The van der Waals surface area contributed by atoms with Gasteiger partial charge in [-0.1, -0.05) is 48.3 Å². The highest BCUT2D eigenvalue weighted by Gasteiger charge is 2.04. The third-order valence-corrected chi connectivity index (χ3v) is 3.78. The Hall–Kier alpha value is 0.700. The molecule has 0 N–H and O–H groups in total. The lowest BCUT2D eigenvalue weighted by Crippen LogP contribution is -1.98. The Bertz CT molecular complexity index is 50.0. The van der Waals surface area contributed by atoms with Gasteiger partial charge in [-0.05, 0) is 19.1 Å². The zero-order valence-electron chi connectivity index (χ0n) is 7.22. The average molecular weight is 178 g/mol. The molecule has 0 spiro atoms. The Morgan fingerprint density at radius 3 is 1.90 bits per heavy atom. The third kappa shape index (κ3) is 5.48. The maximum absolute atomic E-state index is 2.27. The predicted molar refractivity (Wildman–Crippen MR) is 54.7 cm³/mol. The lowest BCUT2D eigenvalue weighted by Gasteiger charge is -2.11. The molecule has 0 aliphatic heterocycles. The highest BCUT2D eigenvalue weighted by Crippen LogP contribution is 2.29. The van der Waals surface area contributed by atoms with Crippen LogP contribution in [0.2, 0.25) is 0 Å². The van der Waals surface area contributed by atoms with Gasteiger partial charge < -0.3 is 0 Å². The summed E-state index contributed by atoms with van der Waals surface area (Å²) in [6.45, 7) is 4.53. The molecule has 10 heavy (non-hydrogen) atoms. The van der Waals surface area contributed by atoms with E-state index in [0.717, 1.165) is 5.25 Å². The van der Waals surface area contributed by atoms with Gasteiger partial charge in [0.25, 0.3) is 0 Å². The fourth-order valence-corrected chi connectivity index (χ4v) is 3.35. The summed E-state index contributed by atoms with van der Waals surface area (Å²) in [6, 6.07) is 0. The van der Waals surface area contributed by atoms with Crippen LogP contribution in [-0.2, 0) is 0 Å². The predicted octanol–water partition coefficient (Wildman–Crippen LogP) is 3.97. The van der Waals surface area contributed by atoms with E-state index in [2.05, 4.69) is 20.1 Å². The standard InChI is InChI=1S/C8H18S2/c1-4-6-8(7-5-2)10-9-3/h8H,4-7H2,1-3H3. The van der Waals surface area contributed by atoms with Crippen molar-refractivity contribution in [3.63, 3.8) is 0 Å². The fourth-order valence-electron chi connectivity index (χ4n) is 1.02. The molecule has 0 rings (SSSR count). The maximum Gasteiger partial charge on any atom is 0.0151 e. The highest BCUT2D eigenvalue weighted by molar-refractivity contribution is 8.76. The molecule has 0 unspecified atom stereocenters. The zero-order chi connectivity index (χ0) is 7.82. The summed E-state index contributed by atoms with van der Waals surface area (Å²) >= 11 is 0. The molecule has 0 aliphatic rings. The van der Waals surface area contributed by atoms with E-state index in [1.165, 1.54) is 25.7 Å². The summed E-state index contributed by atoms with van der Waals surface area (Å²) in [6.07, 6.45) is 7.61. The highest BCUT2D eigenvalue weighted by atomic mass is 33.1. The lowest BCUT2D eigenvalue weighted by atomic mass is 10.2. The van der Waals surface area contributed by atoms with Crippen molar-refractivity contribution in [3.8, 4) is 0 Å². The van der Waals surface area contributed by atoms with Crippen LogP contribution in [0.3, 0.4) is 0 Å². The molecule has 0 aromatic heterocycles. The van der Waals surface area contributed by atoms with Gasteiger partial charge in [-0.2, -0.15) is 0 Å². The van der Waals surface area contributed by atoms with E-state index in [9.17, 15) is 0 Å². The van der Waals surface area contributed by atoms with Crippen LogP contribution in [-0.4, -0.2) is 11.5 Å². The maximum atomic E-state index is 2.27. The van der Waals surface area contributed by atoms with Gasteiger partial charge in [0.1, 0.15) is 0 Å². The summed E-state index contributed by atoms with van der Waals surface area (Å²) in [5.41, 5.74) is 0. The minimum Gasteiger partial charge on any atom is -0.0973 e. The molecule has 0 bridgehead atoms. The Balaban J connectivity index is 3.30. The molecular formula is C8H18S2. The smallest absolute Gasteiger partial charge is 0.0151 e. The van der Waals surface area contributed by atoms with Crippen LogP contribution in [0.5, 0.6) is 0 Å². The van der Waals surface area contributed by atoms with Crippen molar-refractivity contribution in [2.75, 3.05) is 6.26 Å². The minimum absolute atomic E-state index is 0.907. The molecule has 0 aromatic rings. The normalized spacial score (nSPS) is 10.8. The minimum atomic E-state index is 0.907. The average Bonchev–Trinajstić information content (AvgIpc) is 1.90. The first-order chi connectivity index (χ1) is 4.85. The number of hydrogen-bond acceptors (Lipinski definition) is 2. The van der Waals surface area contributed by atoms with Crippen LogP contribution in [0, 0.1) is 0 Å². The van der Waals surface area contributed by atoms with Gasteiger partial charge >= 0.3 is 0 Å². The van der Waals surface area contributed by atoms with Crippen molar-refractivity contribution in [1.29, 1.82) is 0 Å². The summed E-state index contributed by atoms with van der Waals surface area (Å²) in [5, 5.41) is 0.907. The van der Waals surface area contributed by atoms with Crippen molar-refractivity contribution in [2.45, 2.75) is 44.8 Å². The zero-order valence-corrected chi connectivity index (χ0v) is 8.86. The summed E-state index contributed by atoms with van der Waals surface area (Å²) in [5.74, 6) is 0. The molecule has 0 nitrogen and oxygen atoms in total. The van der Waals surface area contributed by atoms with Gasteiger partial charge in [-0.15, -0.1) is 0 Å². The third-order valence-electron chi connectivity index (χ3n) is 1.45. The van der Waals surface area contributed by atoms with Crippen molar-refractivity contribution < 1.29 is 0 Å². The molecule has 0 saturated carbocycles. The molecule has 2 heteroatoms. The first kappa shape index (κ1) is 10.7. The molecule has 0 aliphatic carbocycles. The summed E-state index contributed by atoms with van der Waals surface area (Å²) in [4.78, 5) is 0. The Kier molecular flexibility index (Phi) is 8.35. The van der Waals surface area contributed by atoms with E-state index >= 15 is 0 Å². The van der Waals surface area contributed by atoms with Crippen molar-refractivity contribution >= 4 is 21.6 Å².